The molecule has 54 valence electrons. The fourth-order valence-electron chi connectivity index (χ4n) is 0.636. The fourth-order valence-corrected chi connectivity index (χ4v) is 0.636. The first kappa shape index (κ1) is 8.70. The molecular weight excluding hydrogens is 110 g/mol. The van der Waals surface area contributed by atoms with Gasteiger partial charge in [0.25, 0.3) is 0 Å². The molecule has 9 heavy (non-hydrogen) atoms. The van der Waals surface area contributed by atoms with Gasteiger partial charge in [-0.15, -0.1) is 6.58 Å². The molecule has 1 atom stereocenters. The van der Waals surface area contributed by atoms with Crippen molar-refractivity contribution in [1.82, 2.24) is 0 Å². The minimum Gasteiger partial charge on any atom is -0.328 e. The predicted octanol–water partition coefficient (Wildman–Crippen LogP) is 2.08. The summed E-state index contributed by atoms with van der Waals surface area (Å²) in [6, 6.07) is 0.377. The second kappa shape index (κ2) is 4.57. The molecule has 0 aliphatic heterocycles. The molecule has 1 heteroatoms. The quantitative estimate of drug-likeness (QED) is 0.575. The normalized spacial score (nSPS) is 13.2. The van der Waals surface area contributed by atoms with Crippen LogP contribution in [0, 0.1) is 0 Å². The van der Waals surface area contributed by atoms with Gasteiger partial charge >= 0.3 is 0 Å². The van der Waals surface area contributed by atoms with Crippen molar-refractivity contribution in [1.29, 1.82) is 0 Å². The Morgan fingerprint density at radius 2 is 2.22 bits per heavy atom. The van der Waals surface area contributed by atoms with E-state index in [1.54, 1.807) is 0 Å². The molecule has 0 heterocycles. The summed E-state index contributed by atoms with van der Waals surface area (Å²) >= 11 is 0. The average molecular weight is 127 g/mol. The third-order valence-corrected chi connectivity index (χ3v) is 1.47. The molecule has 0 spiro atoms. The SMILES string of the molecule is C=C(C)CC[C@H](N)CC. The van der Waals surface area contributed by atoms with E-state index in [2.05, 4.69) is 13.5 Å². The minimum atomic E-state index is 0.377. The molecule has 0 rings (SSSR count). The molecule has 1 nitrogen and oxygen atoms in total. The number of allylic oxidation sites excluding steroid dienone is 1. The first-order chi connectivity index (χ1) is 4.16. The first-order valence-corrected chi connectivity index (χ1v) is 3.56. The molecule has 0 bridgehead atoms. The molecule has 0 fully saturated rings. The molecule has 0 aromatic rings. The zero-order valence-corrected chi connectivity index (χ0v) is 6.48. The lowest BCUT2D eigenvalue weighted by molar-refractivity contribution is 0.594. The summed E-state index contributed by atoms with van der Waals surface area (Å²) in [6.07, 6.45) is 3.24. The van der Waals surface area contributed by atoms with Gasteiger partial charge in [-0.1, -0.05) is 12.5 Å². The Bertz CT molecular complexity index is 86.6. The summed E-state index contributed by atoms with van der Waals surface area (Å²) in [5.74, 6) is 0. The van der Waals surface area contributed by atoms with Gasteiger partial charge in [0.1, 0.15) is 0 Å². The van der Waals surface area contributed by atoms with Crippen molar-refractivity contribution in [2.24, 2.45) is 5.73 Å². The summed E-state index contributed by atoms with van der Waals surface area (Å²) in [4.78, 5) is 0. The molecule has 2 N–H and O–H groups in total. The molecule has 0 aliphatic rings. The van der Waals surface area contributed by atoms with Gasteiger partial charge in [0, 0.05) is 6.04 Å². The van der Waals surface area contributed by atoms with Gasteiger partial charge < -0.3 is 5.73 Å². The molecule has 0 unspecified atom stereocenters. The molecule has 0 saturated heterocycles. The standard InChI is InChI=1S/C8H17N/c1-4-8(9)6-5-7(2)3/h8H,2,4-6,9H2,1,3H3/t8-/m1/s1. The van der Waals surface area contributed by atoms with E-state index in [0.29, 0.717) is 6.04 Å². The van der Waals surface area contributed by atoms with E-state index >= 15 is 0 Å². The van der Waals surface area contributed by atoms with Crippen LogP contribution in [0.4, 0.5) is 0 Å². The van der Waals surface area contributed by atoms with Crippen LogP contribution in [0.2, 0.25) is 0 Å². The van der Waals surface area contributed by atoms with Gasteiger partial charge in [-0.3, -0.25) is 0 Å². The molecule has 0 aromatic carbocycles. The van der Waals surface area contributed by atoms with E-state index in [0.717, 1.165) is 19.3 Å². The van der Waals surface area contributed by atoms with E-state index in [1.807, 2.05) is 6.92 Å². The summed E-state index contributed by atoms with van der Waals surface area (Å²) in [5.41, 5.74) is 6.92. The van der Waals surface area contributed by atoms with Gasteiger partial charge in [0.2, 0.25) is 0 Å². The van der Waals surface area contributed by atoms with Crippen molar-refractivity contribution in [3.05, 3.63) is 12.2 Å². The first-order valence-electron chi connectivity index (χ1n) is 3.56. The minimum absolute atomic E-state index is 0.377. The van der Waals surface area contributed by atoms with Crippen molar-refractivity contribution >= 4 is 0 Å². The highest BCUT2D eigenvalue weighted by Gasteiger charge is 1.96. The van der Waals surface area contributed by atoms with Crippen LogP contribution in [0.5, 0.6) is 0 Å². The topological polar surface area (TPSA) is 26.0 Å². The Morgan fingerprint density at radius 3 is 2.56 bits per heavy atom. The summed E-state index contributed by atoms with van der Waals surface area (Å²) in [5, 5.41) is 0. The van der Waals surface area contributed by atoms with Crippen LogP contribution in [-0.2, 0) is 0 Å². The van der Waals surface area contributed by atoms with Crippen LogP contribution >= 0.6 is 0 Å². The predicted molar refractivity (Wildman–Crippen MR) is 42.3 cm³/mol. The van der Waals surface area contributed by atoms with Crippen LogP contribution in [0.25, 0.3) is 0 Å². The van der Waals surface area contributed by atoms with Crippen molar-refractivity contribution in [3.8, 4) is 0 Å². The third-order valence-electron chi connectivity index (χ3n) is 1.47. The maximum absolute atomic E-state index is 5.68. The van der Waals surface area contributed by atoms with Gasteiger partial charge in [-0.25, -0.2) is 0 Å². The van der Waals surface area contributed by atoms with E-state index in [9.17, 15) is 0 Å². The number of rotatable bonds is 4. The molecule has 0 aromatic heterocycles. The maximum atomic E-state index is 5.68. The summed E-state index contributed by atoms with van der Waals surface area (Å²) in [7, 11) is 0. The average Bonchev–Trinajstić information content (AvgIpc) is 1.83. The molecular formula is C8H17N. The Balaban J connectivity index is 3.16. The van der Waals surface area contributed by atoms with Crippen LogP contribution in [-0.4, -0.2) is 6.04 Å². The fraction of sp³-hybridized carbons (Fsp3) is 0.750. The highest BCUT2D eigenvalue weighted by Crippen LogP contribution is 2.04. The van der Waals surface area contributed by atoms with Gasteiger partial charge in [-0.2, -0.15) is 0 Å². The van der Waals surface area contributed by atoms with E-state index in [-0.39, 0.29) is 0 Å². The zero-order chi connectivity index (χ0) is 7.28. The second-order valence-electron chi connectivity index (χ2n) is 2.66. The smallest absolute Gasteiger partial charge is 0.00392 e. The van der Waals surface area contributed by atoms with Crippen molar-refractivity contribution in [2.75, 3.05) is 0 Å². The number of nitrogens with two attached hydrogens (primary N) is 1. The lowest BCUT2D eigenvalue weighted by Crippen LogP contribution is -2.17. The number of hydrogen-bond acceptors (Lipinski definition) is 1. The van der Waals surface area contributed by atoms with Crippen molar-refractivity contribution < 1.29 is 0 Å². The largest absolute Gasteiger partial charge is 0.328 e. The Kier molecular flexibility index (Phi) is 4.41. The molecule has 0 aliphatic carbocycles. The third kappa shape index (κ3) is 5.57. The van der Waals surface area contributed by atoms with E-state index in [4.69, 9.17) is 5.73 Å². The van der Waals surface area contributed by atoms with Gasteiger partial charge in [0.05, 0.1) is 0 Å². The zero-order valence-electron chi connectivity index (χ0n) is 6.48. The van der Waals surface area contributed by atoms with Gasteiger partial charge in [-0.05, 0) is 26.2 Å². The van der Waals surface area contributed by atoms with Gasteiger partial charge in [0.15, 0.2) is 0 Å². The number of hydrogen-bond donors (Lipinski definition) is 1. The Labute approximate surface area is 57.9 Å². The lowest BCUT2D eigenvalue weighted by Gasteiger charge is -2.06. The highest BCUT2D eigenvalue weighted by molar-refractivity contribution is 4.88. The Hall–Kier alpha value is -0.300. The Morgan fingerprint density at radius 1 is 1.67 bits per heavy atom. The van der Waals surface area contributed by atoms with Crippen LogP contribution < -0.4 is 5.73 Å². The van der Waals surface area contributed by atoms with E-state index < -0.39 is 0 Å². The van der Waals surface area contributed by atoms with Crippen molar-refractivity contribution in [3.63, 3.8) is 0 Å². The highest BCUT2D eigenvalue weighted by atomic mass is 14.6. The molecule has 0 radical (unpaired) electrons. The van der Waals surface area contributed by atoms with Crippen LogP contribution in [0.15, 0.2) is 12.2 Å². The lowest BCUT2D eigenvalue weighted by atomic mass is 10.1. The molecule has 0 saturated carbocycles. The summed E-state index contributed by atoms with van der Waals surface area (Å²) in [6.45, 7) is 7.96. The second-order valence-corrected chi connectivity index (χ2v) is 2.66. The maximum Gasteiger partial charge on any atom is 0.00392 e. The monoisotopic (exact) mass is 127 g/mol. The van der Waals surface area contributed by atoms with Crippen LogP contribution in [0.3, 0.4) is 0 Å². The van der Waals surface area contributed by atoms with Crippen LogP contribution in [0.1, 0.15) is 33.1 Å². The van der Waals surface area contributed by atoms with Crippen molar-refractivity contribution in [2.45, 2.75) is 39.2 Å². The van der Waals surface area contributed by atoms with E-state index in [1.165, 1.54) is 5.57 Å². The summed E-state index contributed by atoms with van der Waals surface area (Å²) < 4.78 is 0. The molecule has 0 amide bonds.